The van der Waals surface area contributed by atoms with Crippen molar-refractivity contribution >= 4 is 12.0 Å². The van der Waals surface area contributed by atoms with E-state index in [2.05, 4.69) is 38.3 Å². The van der Waals surface area contributed by atoms with E-state index in [-0.39, 0.29) is 16.7 Å². The molecule has 0 heterocycles. The van der Waals surface area contributed by atoms with Crippen molar-refractivity contribution in [2.75, 3.05) is 6.54 Å². The van der Waals surface area contributed by atoms with E-state index in [0.29, 0.717) is 18.9 Å². The highest BCUT2D eigenvalue weighted by Gasteiger charge is 2.64. The van der Waals surface area contributed by atoms with Crippen LogP contribution in [0.5, 0.6) is 0 Å². The predicted octanol–water partition coefficient (Wildman–Crippen LogP) is 2.47. The zero-order valence-corrected chi connectivity index (χ0v) is 13.4. The molecule has 1 aliphatic rings. The molecule has 0 radical (unpaired) electrons. The van der Waals surface area contributed by atoms with Crippen molar-refractivity contribution in [1.29, 1.82) is 0 Å². The number of urea groups is 1. The first-order chi connectivity index (χ1) is 9.00. The van der Waals surface area contributed by atoms with Crippen LogP contribution in [0, 0.1) is 22.7 Å². The van der Waals surface area contributed by atoms with E-state index >= 15 is 0 Å². The fraction of sp³-hybridized carbons (Fsp3) is 0.867. The molecule has 0 aliphatic heterocycles. The van der Waals surface area contributed by atoms with Crippen molar-refractivity contribution < 1.29 is 14.7 Å². The van der Waals surface area contributed by atoms with Gasteiger partial charge in [0.1, 0.15) is 6.04 Å². The van der Waals surface area contributed by atoms with E-state index in [0.717, 1.165) is 0 Å². The molecule has 2 amide bonds. The summed E-state index contributed by atoms with van der Waals surface area (Å²) in [5.41, 5.74) is 0.425. The van der Waals surface area contributed by atoms with Gasteiger partial charge in [-0.05, 0) is 29.1 Å². The van der Waals surface area contributed by atoms with Crippen LogP contribution in [0.3, 0.4) is 0 Å². The molecule has 0 bridgehead atoms. The van der Waals surface area contributed by atoms with Gasteiger partial charge in [-0.1, -0.05) is 41.5 Å². The molecule has 0 aromatic heterocycles. The number of amides is 2. The van der Waals surface area contributed by atoms with Crippen molar-refractivity contribution in [3.63, 3.8) is 0 Å². The first-order valence-electron chi connectivity index (χ1n) is 7.27. The molecule has 5 nitrogen and oxygen atoms in total. The van der Waals surface area contributed by atoms with Crippen LogP contribution in [0.25, 0.3) is 0 Å². The number of carboxylic acids is 1. The molecule has 0 aromatic rings. The van der Waals surface area contributed by atoms with Gasteiger partial charge in [0.2, 0.25) is 0 Å². The predicted molar refractivity (Wildman–Crippen MR) is 78.5 cm³/mol. The second-order valence-electron chi connectivity index (χ2n) is 7.37. The highest BCUT2D eigenvalue weighted by atomic mass is 16.4. The molecular weight excluding hydrogens is 256 g/mol. The summed E-state index contributed by atoms with van der Waals surface area (Å²) in [6.07, 6.45) is 0.434. The molecule has 5 heteroatoms. The molecule has 1 atom stereocenters. The summed E-state index contributed by atoms with van der Waals surface area (Å²) in [7, 11) is 0. The molecule has 0 spiro atoms. The largest absolute Gasteiger partial charge is 0.480 e. The Bertz CT molecular complexity index is 375. The highest BCUT2D eigenvalue weighted by Crippen LogP contribution is 2.67. The minimum Gasteiger partial charge on any atom is -0.480 e. The summed E-state index contributed by atoms with van der Waals surface area (Å²) < 4.78 is 0. The third-order valence-corrected chi connectivity index (χ3v) is 5.10. The zero-order valence-electron chi connectivity index (χ0n) is 13.4. The van der Waals surface area contributed by atoms with E-state index in [4.69, 9.17) is 5.11 Å². The monoisotopic (exact) mass is 284 g/mol. The summed E-state index contributed by atoms with van der Waals surface area (Å²) >= 11 is 0. The molecule has 1 fully saturated rings. The lowest BCUT2D eigenvalue weighted by Gasteiger charge is -2.17. The highest BCUT2D eigenvalue weighted by molar-refractivity contribution is 5.82. The van der Waals surface area contributed by atoms with Gasteiger partial charge in [-0.25, -0.2) is 9.59 Å². The van der Waals surface area contributed by atoms with Crippen LogP contribution in [0.4, 0.5) is 4.79 Å². The number of carbonyl (C=O) groups is 2. The average Bonchev–Trinajstić information content (AvgIpc) is 2.65. The molecule has 1 saturated carbocycles. The zero-order chi connectivity index (χ0) is 15.7. The lowest BCUT2D eigenvalue weighted by atomic mass is 10.0. The average molecular weight is 284 g/mol. The Morgan fingerprint density at radius 3 is 2.00 bits per heavy atom. The van der Waals surface area contributed by atoms with E-state index in [9.17, 15) is 9.59 Å². The second kappa shape index (κ2) is 5.62. The summed E-state index contributed by atoms with van der Waals surface area (Å²) in [4.78, 5) is 22.9. The Morgan fingerprint density at radius 2 is 1.65 bits per heavy atom. The minimum absolute atomic E-state index is 0.213. The lowest BCUT2D eigenvalue weighted by Crippen LogP contribution is -2.47. The Balaban J connectivity index is 2.42. The van der Waals surface area contributed by atoms with Crippen molar-refractivity contribution in [1.82, 2.24) is 10.6 Å². The fourth-order valence-corrected chi connectivity index (χ4v) is 2.94. The van der Waals surface area contributed by atoms with E-state index < -0.39 is 18.0 Å². The Morgan fingerprint density at radius 1 is 1.15 bits per heavy atom. The number of hydrogen-bond donors (Lipinski definition) is 3. The molecule has 1 aliphatic carbocycles. The Hall–Kier alpha value is -1.26. The van der Waals surface area contributed by atoms with Gasteiger partial charge in [-0.2, -0.15) is 0 Å². The van der Waals surface area contributed by atoms with Crippen LogP contribution in [-0.4, -0.2) is 29.7 Å². The third kappa shape index (κ3) is 3.44. The summed E-state index contributed by atoms with van der Waals surface area (Å²) in [6.45, 7) is 13.2. The van der Waals surface area contributed by atoms with Gasteiger partial charge in [0.25, 0.3) is 0 Å². The quantitative estimate of drug-likeness (QED) is 0.701. The van der Waals surface area contributed by atoms with Gasteiger partial charge < -0.3 is 15.7 Å². The van der Waals surface area contributed by atoms with Crippen LogP contribution in [0.1, 0.15) is 48.0 Å². The van der Waals surface area contributed by atoms with Crippen LogP contribution < -0.4 is 10.6 Å². The van der Waals surface area contributed by atoms with Crippen LogP contribution >= 0.6 is 0 Å². The molecule has 20 heavy (non-hydrogen) atoms. The number of aliphatic carboxylic acids is 1. The van der Waals surface area contributed by atoms with Crippen LogP contribution in [0.2, 0.25) is 0 Å². The number of carbonyl (C=O) groups excluding carboxylic acids is 1. The van der Waals surface area contributed by atoms with Crippen molar-refractivity contribution in [2.45, 2.75) is 54.0 Å². The topological polar surface area (TPSA) is 78.4 Å². The van der Waals surface area contributed by atoms with E-state index in [1.807, 2.05) is 13.8 Å². The fourth-order valence-electron chi connectivity index (χ4n) is 2.94. The molecule has 1 rings (SSSR count). The van der Waals surface area contributed by atoms with Gasteiger partial charge in [0.05, 0.1) is 0 Å². The molecule has 3 N–H and O–H groups in total. The third-order valence-electron chi connectivity index (χ3n) is 5.10. The van der Waals surface area contributed by atoms with Crippen LogP contribution in [0.15, 0.2) is 0 Å². The number of carboxylic acid groups (broad SMARTS) is 1. The van der Waals surface area contributed by atoms with Crippen molar-refractivity contribution in [2.24, 2.45) is 22.7 Å². The summed E-state index contributed by atoms with van der Waals surface area (Å²) in [6, 6.07) is -1.22. The van der Waals surface area contributed by atoms with Crippen molar-refractivity contribution in [3.05, 3.63) is 0 Å². The maximum atomic E-state index is 11.8. The number of rotatable bonds is 6. The normalized spacial score (nSPS) is 21.4. The van der Waals surface area contributed by atoms with Crippen molar-refractivity contribution in [3.8, 4) is 0 Å². The maximum Gasteiger partial charge on any atom is 0.326 e. The Labute approximate surface area is 121 Å². The molecule has 116 valence electrons. The lowest BCUT2D eigenvalue weighted by molar-refractivity contribution is -0.139. The smallest absolute Gasteiger partial charge is 0.326 e. The van der Waals surface area contributed by atoms with Gasteiger partial charge in [0, 0.05) is 6.54 Å². The Kier molecular flexibility index (Phi) is 4.72. The van der Waals surface area contributed by atoms with Gasteiger partial charge >= 0.3 is 12.0 Å². The standard InChI is InChI=1S/C15H28N2O3/c1-9(2)7-10(12(18)19)17-13(20)16-8-11-14(3,4)15(11,5)6/h9-11H,7-8H2,1-6H3,(H,18,19)(H2,16,17,20)/t10-/m1/s1. The number of hydrogen-bond acceptors (Lipinski definition) is 2. The van der Waals surface area contributed by atoms with Gasteiger partial charge in [0.15, 0.2) is 0 Å². The summed E-state index contributed by atoms with van der Waals surface area (Å²) in [5, 5.41) is 14.4. The molecule has 0 saturated heterocycles. The molecule has 0 unspecified atom stereocenters. The second-order valence-corrected chi connectivity index (χ2v) is 7.37. The first kappa shape index (κ1) is 16.8. The van der Waals surface area contributed by atoms with E-state index in [1.165, 1.54) is 0 Å². The minimum atomic E-state index is -0.985. The molecular formula is C15H28N2O3. The van der Waals surface area contributed by atoms with E-state index in [1.54, 1.807) is 0 Å². The SMILES string of the molecule is CC(C)C[C@@H](NC(=O)NCC1C(C)(C)C1(C)C)C(=O)O. The molecule has 0 aromatic carbocycles. The van der Waals surface area contributed by atoms with Gasteiger partial charge in [-0.3, -0.25) is 0 Å². The number of nitrogens with one attached hydrogen (secondary N) is 2. The maximum absolute atomic E-state index is 11.8. The van der Waals surface area contributed by atoms with Crippen LogP contribution in [-0.2, 0) is 4.79 Å². The summed E-state index contributed by atoms with van der Waals surface area (Å²) in [5.74, 6) is -0.340. The first-order valence-corrected chi connectivity index (χ1v) is 7.27. The van der Waals surface area contributed by atoms with Gasteiger partial charge in [-0.15, -0.1) is 0 Å².